The average Bonchev–Trinajstić information content (AvgIpc) is 3.31. The van der Waals surface area contributed by atoms with E-state index in [4.69, 9.17) is 4.74 Å². The van der Waals surface area contributed by atoms with Gasteiger partial charge in [0.1, 0.15) is 11.5 Å². The second-order valence-electron chi connectivity index (χ2n) is 7.43. The Morgan fingerprint density at radius 2 is 2.00 bits per heavy atom. The molecular formula is C22H21FN4O2. The smallest absolute Gasteiger partial charge is 0.232 e. The molecule has 1 aliphatic rings. The topological polar surface area (TPSA) is 76.0 Å². The predicted molar refractivity (Wildman–Crippen MR) is 108 cm³/mol. The number of nitrogens with zero attached hydrogens (tertiary/aromatic N) is 3. The third-order valence-corrected chi connectivity index (χ3v) is 5.40. The summed E-state index contributed by atoms with van der Waals surface area (Å²) in [5.41, 5.74) is 3.77. The molecule has 2 N–H and O–H groups in total. The van der Waals surface area contributed by atoms with Gasteiger partial charge in [-0.05, 0) is 61.6 Å². The SMILES string of the molecule is Oc1c(CC2CCCOC2)c(-c2ccc(F)cc2)nn1-c1nc2ccccc2[nH]1. The van der Waals surface area contributed by atoms with Crippen molar-refractivity contribution >= 4 is 11.0 Å². The van der Waals surface area contributed by atoms with Crippen molar-refractivity contribution < 1.29 is 14.2 Å². The van der Waals surface area contributed by atoms with Crippen LogP contribution < -0.4 is 0 Å². The number of imidazole rings is 1. The van der Waals surface area contributed by atoms with Crippen molar-refractivity contribution in [3.05, 3.63) is 59.9 Å². The monoisotopic (exact) mass is 392 g/mol. The van der Waals surface area contributed by atoms with Gasteiger partial charge in [0, 0.05) is 24.3 Å². The van der Waals surface area contributed by atoms with Crippen molar-refractivity contribution in [3.8, 4) is 23.1 Å². The van der Waals surface area contributed by atoms with Crippen LogP contribution in [0, 0.1) is 11.7 Å². The number of nitrogens with one attached hydrogen (secondary N) is 1. The molecule has 5 rings (SSSR count). The summed E-state index contributed by atoms with van der Waals surface area (Å²) in [4.78, 5) is 7.76. The quantitative estimate of drug-likeness (QED) is 0.545. The average molecular weight is 392 g/mol. The minimum absolute atomic E-state index is 0.0500. The molecule has 7 heteroatoms. The number of hydrogen-bond acceptors (Lipinski definition) is 4. The van der Waals surface area contributed by atoms with Crippen LogP contribution in [0.2, 0.25) is 0 Å². The molecule has 0 amide bonds. The molecule has 148 valence electrons. The second-order valence-corrected chi connectivity index (χ2v) is 7.43. The predicted octanol–water partition coefficient (Wildman–Crippen LogP) is 4.23. The fraction of sp³-hybridized carbons (Fsp3) is 0.273. The summed E-state index contributed by atoms with van der Waals surface area (Å²) in [5, 5.41) is 15.7. The fourth-order valence-corrected chi connectivity index (χ4v) is 3.91. The Morgan fingerprint density at radius 3 is 2.76 bits per heavy atom. The molecule has 0 saturated carbocycles. The van der Waals surface area contributed by atoms with Crippen LogP contribution in [0.4, 0.5) is 4.39 Å². The number of aromatic nitrogens is 4. The van der Waals surface area contributed by atoms with Gasteiger partial charge in [0.2, 0.25) is 11.8 Å². The number of H-pyrrole nitrogens is 1. The highest BCUT2D eigenvalue weighted by atomic mass is 19.1. The first-order chi connectivity index (χ1) is 14.2. The Morgan fingerprint density at radius 1 is 1.17 bits per heavy atom. The zero-order valence-electron chi connectivity index (χ0n) is 15.8. The Balaban J connectivity index is 1.61. The second kappa shape index (κ2) is 7.33. The van der Waals surface area contributed by atoms with Gasteiger partial charge >= 0.3 is 0 Å². The zero-order chi connectivity index (χ0) is 19.8. The van der Waals surface area contributed by atoms with E-state index in [9.17, 15) is 9.50 Å². The molecule has 3 heterocycles. The van der Waals surface area contributed by atoms with Crippen LogP contribution >= 0.6 is 0 Å². The molecule has 1 aliphatic heterocycles. The van der Waals surface area contributed by atoms with Crippen molar-refractivity contribution in [2.75, 3.05) is 13.2 Å². The maximum atomic E-state index is 13.4. The number of halogens is 1. The Bertz CT molecular complexity index is 1110. The molecule has 0 aliphatic carbocycles. The molecular weight excluding hydrogens is 371 g/mol. The summed E-state index contributed by atoms with van der Waals surface area (Å²) < 4.78 is 20.5. The number of rotatable bonds is 4. The van der Waals surface area contributed by atoms with Gasteiger partial charge in [-0.25, -0.2) is 9.37 Å². The number of ether oxygens (including phenoxy) is 1. The lowest BCUT2D eigenvalue weighted by molar-refractivity contribution is 0.0548. The lowest BCUT2D eigenvalue weighted by Crippen LogP contribution is -2.19. The van der Waals surface area contributed by atoms with Gasteiger partial charge in [0.25, 0.3) is 0 Å². The van der Waals surface area contributed by atoms with E-state index in [-0.39, 0.29) is 11.7 Å². The Labute approximate surface area is 167 Å². The number of hydrogen-bond donors (Lipinski definition) is 2. The molecule has 1 saturated heterocycles. The molecule has 4 aromatic rings. The third-order valence-electron chi connectivity index (χ3n) is 5.40. The number of fused-ring (bicyclic) bond motifs is 1. The molecule has 1 atom stereocenters. The molecule has 0 spiro atoms. The molecule has 2 aromatic heterocycles. The molecule has 29 heavy (non-hydrogen) atoms. The van der Waals surface area contributed by atoms with E-state index < -0.39 is 0 Å². The first-order valence-corrected chi connectivity index (χ1v) is 9.78. The van der Waals surface area contributed by atoms with Crippen LogP contribution in [-0.4, -0.2) is 38.1 Å². The van der Waals surface area contributed by atoms with Crippen LogP contribution in [0.25, 0.3) is 28.2 Å². The summed E-state index contributed by atoms with van der Waals surface area (Å²) in [7, 11) is 0. The molecule has 1 unspecified atom stereocenters. The number of aromatic hydroxyl groups is 1. The highest BCUT2D eigenvalue weighted by Crippen LogP contribution is 2.35. The molecule has 6 nitrogen and oxygen atoms in total. The summed E-state index contributed by atoms with van der Waals surface area (Å²) >= 11 is 0. The van der Waals surface area contributed by atoms with Gasteiger partial charge in [0.05, 0.1) is 11.0 Å². The summed E-state index contributed by atoms with van der Waals surface area (Å²) in [6.45, 7) is 1.45. The Kier molecular flexibility index (Phi) is 4.52. The first kappa shape index (κ1) is 17.9. The van der Waals surface area contributed by atoms with Crippen molar-refractivity contribution in [1.82, 2.24) is 19.7 Å². The van der Waals surface area contributed by atoms with Gasteiger partial charge in [-0.2, -0.15) is 9.78 Å². The third kappa shape index (κ3) is 3.38. The Hall–Kier alpha value is -3.19. The van der Waals surface area contributed by atoms with Crippen LogP contribution in [0.1, 0.15) is 18.4 Å². The van der Waals surface area contributed by atoms with E-state index in [2.05, 4.69) is 15.1 Å². The minimum atomic E-state index is -0.308. The van der Waals surface area contributed by atoms with Crippen molar-refractivity contribution in [2.24, 2.45) is 5.92 Å². The van der Waals surface area contributed by atoms with Gasteiger partial charge in [-0.15, -0.1) is 0 Å². The highest BCUT2D eigenvalue weighted by Gasteiger charge is 2.25. The van der Waals surface area contributed by atoms with E-state index >= 15 is 0 Å². The maximum Gasteiger partial charge on any atom is 0.232 e. The van der Waals surface area contributed by atoms with Crippen molar-refractivity contribution in [2.45, 2.75) is 19.3 Å². The largest absolute Gasteiger partial charge is 0.493 e. The zero-order valence-corrected chi connectivity index (χ0v) is 15.8. The normalized spacial score (nSPS) is 17.1. The van der Waals surface area contributed by atoms with Crippen LogP contribution in [0.3, 0.4) is 0 Å². The van der Waals surface area contributed by atoms with Crippen molar-refractivity contribution in [3.63, 3.8) is 0 Å². The summed E-state index contributed by atoms with van der Waals surface area (Å²) in [6.07, 6.45) is 2.69. The standard InChI is InChI=1S/C22H21FN4O2/c23-16-9-7-15(8-10-16)20-17(12-14-4-3-11-29-13-14)21(28)27(26-20)22-24-18-5-1-2-6-19(18)25-22/h1-2,5-10,14,28H,3-4,11-13H2,(H,24,25). The summed E-state index contributed by atoms with van der Waals surface area (Å²) in [6, 6.07) is 13.8. The van der Waals surface area contributed by atoms with Gasteiger partial charge in [0.15, 0.2) is 0 Å². The van der Waals surface area contributed by atoms with E-state index in [1.54, 1.807) is 12.1 Å². The van der Waals surface area contributed by atoms with E-state index in [1.165, 1.54) is 16.8 Å². The molecule has 0 bridgehead atoms. The molecule has 0 radical (unpaired) electrons. The van der Waals surface area contributed by atoms with Gasteiger partial charge < -0.3 is 14.8 Å². The highest BCUT2D eigenvalue weighted by molar-refractivity contribution is 5.76. The minimum Gasteiger partial charge on any atom is -0.493 e. The number of aromatic amines is 1. The number of para-hydroxylation sites is 2. The van der Waals surface area contributed by atoms with E-state index in [0.29, 0.717) is 30.6 Å². The van der Waals surface area contributed by atoms with Gasteiger partial charge in [-0.1, -0.05) is 12.1 Å². The molecule has 1 fully saturated rings. The summed E-state index contributed by atoms with van der Waals surface area (Å²) in [5.74, 6) is 0.492. The fourth-order valence-electron chi connectivity index (χ4n) is 3.91. The van der Waals surface area contributed by atoms with Crippen LogP contribution in [0.15, 0.2) is 48.5 Å². The number of benzene rings is 2. The molecule has 2 aromatic carbocycles. The first-order valence-electron chi connectivity index (χ1n) is 9.78. The maximum absolute atomic E-state index is 13.4. The van der Waals surface area contributed by atoms with Gasteiger partial charge in [-0.3, -0.25) is 0 Å². The van der Waals surface area contributed by atoms with Crippen LogP contribution in [-0.2, 0) is 11.2 Å². The van der Waals surface area contributed by atoms with Crippen molar-refractivity contribution in [1.29, 1.82) is 0 Å². The lowest BCUT2D eigenvalue weighted by atomic mass is 9.93. The van der Waals surface area contributed by atoms with E-state index in [0.717, 1.165) is 41.6 Å². The lowest BCUT2D eigenvalue weighted by Gasteiger charge is -2.21. The van der Waals surface area contributed by atoms with E-state index in [1.807, 2.05) is 24.3 Å². The van der Waals surface area contributed by atoms with Crippen LogP contribution in [0.5, 0.6) is 5.88 Å².